The van der Waals surface area contributed by atoms with Crippen LogP contribution in [0.4, 0.5) is 4.39 Å². The van der Waals surface area contributed by atoms with Crippen LogP contribution in [0, 0.1) is 12.7 Å². The van der Waals surface area contributed by atoms with Gasteiger partial charge >= 0.3 is 0 Å². The predicted octanol–water partition coefficient (Wildman–Crippen LogP) is 1.45. The third-order valence-corrected chi connectivity index (χ3v) is 3.87. The van der Waals surface area contributed by atoms with Crippen molar-refractivity contribution in [2.45, 2.75) is 18.2 Å². The van der Waals surface area contributed by atoms with Crippen molar-refractivity contribution in [2.24, 2.45) is 0 Å². The first-order valence-corrected chi connectivity index (χ1v) is 6.70. The molecule has 6 heteroatoms. The largest absolute Gasteiger partial charge is 0.385 e. The van der Waals surface area contributed by atoms with E-state index in [0.717, 1.165) is 6.07 Å². The summed E-state index contributed by atoms with van der Waals surface area (Å²) in [6.45, 7) is 2.35. The van der Waals surface area contributed by atoms with E-state index in [1.165, 1.54) is 12.1 Å². The van der Waals surface area contributed by atoms with Gasteiger partial charge in [0.05, 0.1) is 4.90 Å². The summed E-state index contributed by atoms with van der Waals surface area (Å²) in [5, 5.41) is 0. The first-order chi connectivity index (χ1) is 7.97. The molecule has 96 valence electrons. The van der Waals surface area contributed by atoms with Crippen molar-refractivity contribution in [2.75, 3.05) is 20.3 Å². The summed E-state index contributed by atoms with van der Waals surface area (Å²) in [6.07, 6.45) is 0.593. The van der Waals surface area contributed by atoms with Crippen LogP contribution in [0.15, 0.2) is 23.1 Å². The number of ether oxygens (including phenoxy) is 1. The lowest BCUT2D eigenvalue weighted by atomic mass is 10.2. The molecule has 17 heavy (non-hydrogen) atoms. The molecule has 0 aliphatic rings. The first-order valence-electron chi connectivity index (χ1n) is 5.22. The highest BCUT2D eigenvalue weighted by molar-refractivity contribution is 7.89. The maximum Gasteiger partial charge on any atom is 0.240 e. The normalized spacial score (nSPS) is 11.7. The minimum absolute atomic E-state index is 0.108. The van der Waals surface area contributed by atoms with Crippen LogP contribution in [-0.4, -0.2) is 28.7 Å². The Morgan fingerprint density at radius 3 is 2.71 bits per heavy atom. The van der Waals surface area contributed by atoms with Crippen LogP contribution in [0.3, 0.4) is 0 Å². The molecule has 0 atom stereocenters. The molecule has 0 aromatic heterocycles. The van der Waals surface area contributed by atoms with Gasteiger partial charge in [0, 0.05) is 20.3 Å². The van der Waals surface area contributed by atoms with E-state index in [2.05, 4.69) is 4.72 Å². The summed E-state index contributed by atoms with van der Waals surface area (Å²) < 4.78 is 43.8. The van der Waals surface area contributed by atoms with Gasteiger partial charge in [-0.15, -0.1) is 0 Å². The van der Waals surface area contributed by atoms with Crippen LogP contribution < -0.4 is 4.72 Å². The molecule has 0 fully saturated rings. The van der Waals surface area contributed by atoms with Crippen molar-refractivity contribution in [3.63, 3.8) is 0 Å². The fourth-order valence-electron chi connectivity index (χ4n) is 1.42. The van der Waals surface area contributed by atoms with Crippen molar-refractivity contribution in [1.29, 1.82) is 0 Å². The van der Waals surface area contributed by atoms with E-state index < -0.39 is 15.8 Å². The van der Waals surface area contributed by atoms with E-state index in [-0.39, 0.29) is 4.90 Å². The maximum absolute atomic E-state index is 12.9. The molecule has 1 aromatic rings. The predicted molar refractivity (Wildman–Crippen MR) is 62.8 cm³/mol. The summed E-state index contributed by atoms with van der Waals surface area (Å²) in [5.74, 6) is -0.444. The Labute approximate surface area is 101 Å². The molecule has 0 aliphatic carbocycles. The lowest BCUT2D eigenvalue weighted by Gasteiger charge is -2.09. The third-order valence-electron chi connectivity index (χ3n) is 2.24. The number of hydrogen-bond donors (Lipinski definition) is 1. The van der Waals surface area contributed by atoms with Crippen LogP contribution in [0.2, 0.25) is 0 Å². The van der Waals surface area contributed by atoms with Gasteiger partial charge in [0.25, 0.3) is 0 Å². The lowest BCUT2D eigenvalue weighted by molar-refractivity contribution is 0.196. The number of benzene rings is 1. The zero-order valence-electron chi connectivity index (χ0n) is 9.86. The van der Waals surface area contributed by atoms with Crippen molar-refractivity contribution < 1.29 is 17.5 Å². The number of hydrogen-bond acceptors (Lipinski definition) is 3. The van der Waals surface area contributed by atoms with E-state index in [9.17, 15) is 12.8 Å². The SMILES string of the molecule is COCCCNS(=O)(=O)c1ccc(F)cc1C. The zero-order valence-corrected chi connectivity index (χ0v) is 10.7. The molecule has 0 saturated carbocycles. The van der Waals surface area contributed by atoms with Gasteiger partial charge in [-0.3, -0.25) is 0 Å². The highest BCUT2D eigenvalue weighted by Crippen LogP contribution is 2.15. The molecule has 1 rings (SSSR count). The molecule has 0 saturated heterocycles. The van der Waals surface area contributed by atoms with E-state index in [4.69, 9.17) is 4.74 Å². The topological polar surface area (TPSA) is 55.4 Å². The Morgan fingerprint density at radius 2 is 2.12 bits per heavy atom. The third kappa shape index (κ3) is 4.07. The minimum atomic E-state index is -3.56. The molecule has 0 radical (unpaired) electrons. The molecule has 0 spiro atoms. The number of aryl methyl sites for hydroxylation is 1. The van der Waals surface area contributed by atoms with Gasteiger partial charge < -0.3 is 4.74 Å². The molecule has 1 aromatic carbocycles. The highest BCUT2D eigenvalue weighted by Gasteiger charge is 2.16. The Bertz CT molecular complexity index is 474. The number of rotatable bonds is 6. The summed E-state index contributed by atoms with van der Waals surface area (Å²) >= 11 is 0. The minimum Gasteiger partial charge on any atom is -0.385 e. The standard InChI is InChI=1S/C11H16FNO3S/c1-9-8-10(12)4-5-11(9)17(14,15)13-6-3-7-16-2/h4-5,8,13H,3,6-7H2,1-2H3. The highest BCUT2D eigenvalue weighted by atomic mass is 32.2. The second-order valence-corrected chi connectivity index (χ2v) is 5.39. The summed E-state index contributed by atoms with van der Waals surface area (Å²) in [4.78, 5) is 0.108. The van der Waals surface area contributed by atoms with Gasteiger partial charge in [-0.1, -0.05) is 0 Å². The molecule has 4 nitrogen and oxygen atoms in total. The molecular weight excluding hydrogens is 245 g/mol. The Kier molecular flexibility index (Phi) is 5.04. The number of halogens is 1. The second-order valence-electron chi connectivity index (χ2n) is 3.65. The van der Waals surface area contributed by atoms with Crippen LogP contribution in [0.25, 0.3) is 0 Å². The van der Waals surface area contributed by atoms with Crippen molar-refractivity contribution in [1.82, 2.24) is 4.72 Å². The lowest BCUT2D eigenvalue weighted by Crippen LogP contribution is -2.26. The summed E-state index contributed by atoms with van der Waals surface area (Å²) in [6, 6.07) is 3.60. The van der Waals surface area contributed by atoms with Gasteiger partial charge in [-0.05, 0) is 37.1 Å². The van der Waals surface area contributed by atoms with E-state index in [1.807, 2.05) is 0 Å². The molecular formula is C11H16FNO3S. The van der Waals surface area contributed by atoms with Crippen LogP contribution in [0.5, 0.6) is 0 Å². The fraction of sp³-hybridized carbons (Fsp3) is 0.455. The molecule has 1 N–H and O–H groups in total. The first kappa shape index (κ1) is 14.1. The fourth-order valence-corrected chi connectivity index (χ4v) is 2.71. The molecule has 0 unspecified atom stereocenters. The Balaban J connectivity index is 2.76. The maximum atomic E-state index is 12.9. The van der Waals surface area contributed by atoms with Crippen LogP contribution >= 0.6 is 0 Å². The number of methoxy groups -OCH3 is 1. The smallest absolute Gasteiger partial charge is 0.240 e. The van der Waals surface area contributed by atoms with Crippen LogP contribution in [0.1, 0.15) is 12.0 Å². The average Bonchev–Trinajstić information content (AvgIpc) is 2.24. The Morgan fingerprint density at radius 1 is 1.41 bits per heavy atom. The Hall–Kier alpha value is -0.980. The summed E-state index contributed by atoms with van der Waals surface area (Å²) in [5.41, 5.74) is 0.393. The molecule has 0 aliphatic heterocycles. The number of nitrogens with one attached hydrogen (secondary N) is 1. The van der Waals surface area contributed by atoms with Crippen molar-refractivity contribution >= 4 is 10.0 Å². The second kappa shape index (κ2) is 6.09. The van der Waals surface area contributed by atoms with Crippen LogP contribution in [-0.2, 0) is 14.8 Å². The van der Waals surface area contributed by atoms with Gasteiger partial charge in [0.2, 0.25) is 10.0 Å². The monoisotopic (exact) mass is 261 g/mol. The van der Waals surface area contributed by atoms with Crippen molar-refractivity contribution in [3.8, 4) is 0 Å². The molecule has 0 amide bonds. The van der Waals surface area contributed by atoms with Gasteiger partial charge in [-0.2, -0.15) is 0 Å². The quantitative estimate of drug-likeness (QED) is 0.789. The molecule has 0 bridgehead atoms. The van der Waals surface area contributed by atoms with E-state index in [1.54, 1.807) is 14.0 Å². The van der Waals surface area contributed by atoms with Gasteiger partial charge in [-0.25, -0.2) is 17.5 Å². The average molecular weight is 261 g/mol. The molecule has 0 heterocycles. The van der Waals surface area contributed by atoms with Gasteiger partial charge in [0.15, 0.2) is 0 Å². The zero-order chi connectivity index (χ0) is 12.9. The van der Waals surface area contributed by atoms with E-state index >= 15 is 0 Å². The summed E-state index contributed by atoms with van der Waals surface area (Å²) in [7, 11) is -2.01. The van der Waals surface area contributed by atoms with Gasteiger partial charge in [0.1, 0.15) is 5.82 Å². The van der Waals surface area contributed by atoms with Crippen molar-refractivity contribution in [3.05, 3.63) is 29.6 Å². The number of sulfonamides is 1. The van der Waals surface area contributed by atoms with E-state index in [0.29, 0.717) is 25.1 Å².